The van der Waals surface area contributed by atoms with Crippen molar-refractivity contribution < 1.29 is 0 Å². The lowest BCUT2D eigenvalue weighted by atomic mass is 10.0. The molecule has 2 aliphatic heterocycles. The minimum atomic E-state index is -0.641. The van der Waals surface area contributed by atoms with Crippen LogP contribution in [0.15, 0.2) is 46.0 Å². The standard InChI is InChI=1S/C23H24N4O2/c1-4-17-13-18-19(12-15(17)3)27(10-6-9-16-8-5-7-14(2)11-16)21-20(24-18)22(28)26-23(29)25-21/h5,7-8,11-13H,4,6,9-10H2,1-3H3,(H,26,28,29). The number of aromatic nitrogens is 4. The number of H-pyrrole nitrogens is 1. The summed E-state index contributed by atoms with van der Waals surface area (Å²) in [7, 11) is 0. The first-order valence-electron chi connectivity index (χ1n) is 9.96. The van der Waals surface area contributed by atoms with Gasteiger partial charge in [-0.2, -0.15) is 4.98 Å². The number of fused-ring (bicyclic) bond motifs is 2. The number of aromatic amines is 1. The number of hydrogen-bond donors (Lipinski definition) is 1. The van der Waals surface area contributed by atoms with E-state index in [0.717, 1.165) is 30.3 Å². The summed E-state index contributed by atoms with van der Waals surface area (Å²) in [5, 5.41) is 0. The van der Waals surface area contributed by atoms with Crippen LogP contribution in [0.4, 0.5) is 0 Å². The first-order valence-corrected chi connectivity index (χ1v) is 9.96. The van der Waals surface area contributed by atoms with Gasteiger partial charge in [0, 0.05) is 6.54 Å². The van der Waals surface area contributed by atoms with Gasteiger partial charge >= 0.3 is 5.69 Å². The van der Waals surface area contributed by atoms with E-state index in [9.17, 15) is 9.59 Å². The van der Waals surface area contributed by atoms with Crippen molar-refractivity contribution in [1.29, 1.82) is 0 Å². The number of hydrogen-bond acceptors (Lipinski definition) is 4. The van der Waals surface area contributed by atoms with Crippen LogP contribution < -0.4 is 11.2 Å². The van der Waals surface area contributed by atoms with Crippen molar-refractivity contribution in [3.05, 3.63) is 79.5 Å². The topological polar surface area (TPSA) is 80.6 Å². The van der Waals surface area contributed by atoms with Crippen LogP contribution in [0.3, 0.4) is 0 Å². The van der Waals surface area contributed by atoms with Crippen molar-refractivity contribution in [3.63, 3.8) is 0 Å². The first-order chi connectivity index (χ1) is 14.0. The van der Waals surface area contributed by atoms with Crippen LogP contribution in [0.25, 0.3) is 22.6 Å². The van der Waals surface area contributed by atoms with E-state index < -0.39 is 11.2 Å². The molecule has 29 heavy (non-hydrogen) atoms. The van der Waals surface area contributed by atoms with Crippen molar-refractivity contribution >= 4 is 11.0 Å². The van der Waals surface area contributed by atoms with Gasteiger partial charge in [-0.25, -0.2) is 9.78 Å². The molecule has 6 nitrogen and oxygen atoms in total. The van der Waals surface area contributed by atoms with Gasteiger partial charge in [-0.15, -0.1) is 0 Å². The molecule has 0 aromatic heterocycles. The summed E-state index contributed by atoms with van der Waals surface area (Å²) in [6, 6.07) is 12.6. The third kappa shape index (κ3) is 3.70. The van der Waals surface area contributed by atoms with Crippen LogP contribution in [0.1, 0.15) is 35.6 Å². The fraction of sp³-hybridized carbons (Fsp3) is 0.304. The molecular formula is C23H24N4O2. The number of rotatable bonds is 5. The van der Waals surface area contributed by atoms with Crippen LogP contribution in [-0.2, 0) is 19.4 Å². The first kappa shape index (κ1) is 19.1. The molecule has 1 N–H and O–H groups in total. The molecule has 0 atom stereocenters. The van der Waals surface area contributed by atoms with E-state index in [1.54, 1.807) is 0 Å². The Morgan fingerprint density at radius 3 is 2.66 bits per heavy atom. The molecule has 2 aromatic rings. The summed E-state index contributed by atoms with van der Waals surface area (Å²) in [4.78, 5) is 35.1. The Morgan fingerprint density at radius 1 is 1.07 bits per heavy atom. The van der Waals surface area contributed by atoms with E-state index in [2.05, 4.69) is 66.1 Å². The minimum Gasteiger partial charge on any atom is -0.322 e. The van der Waals surface area contributed by atoms with E-state index in [0.29, 0.717) is 12.4 Å². The Hall–Kier alpha value is -3.28. The molecule has 0 fully saturated rings. The van der Waals surface area contributed by atoms with Gasteiger partial charge in [0.25, 0.3) is 5.56 Å². The zero-order valence-corrected chi connectivity index (χ0v) is 17.0. The molecule has 0 aliphatic carbocycles. The Bertz CT molecular complexity index is 1290. The summed E-state index contributed by atoms with van der Waals surface area (Å²) in [6.07, 6.45) is 2.65. The monoisotopic (exact) mass is 388 g/mol. The largest absolute Gasteiger partial charge is 0.349 e. The molecule has 6 heteroatoms. The van der Waals surface area contributed by atoms with Gasteiger partial charge in [-0.3, -0.25) is 9.78 Å². The zero-order chi connectivity index (χ0) is 20.5. The lowest BCUT2D eigenvalue weighted by molar-refractivity contribution is 0.648. The van der Waals surface area contributed by atoms with Crippen LogP contribution >= 0.6 is 0 Å². The Morgan fingerprint density at radius 2 is 1.90 bits per heavy atom. The van der Waals surface area contributed by atoms with E-state index in [1.807, 2.05) is 10.6 Å². The van der Waals surface area contributed by atoms with Gasteiger partial charge in [0.15, 0.2) is 11.5 Å². The Kier molecular flexibility index (Phi) is 5.01. The molecule has 2 heterocycles. The average Bonchev–Trinajstić information content (AvgIpc) is 2.68. The van der Waals surface area contributed by atoms with Gasteiger partial charge in [-0.1, -0.05) is 36.8 Å². The fourth-order valence-corrected chi connectivity index (χ4v) is 3.90. The fourth-order valence-electron chi connectivity index (χ4n) is 3.90. The number of nitrogens with one attached hydrogen (secondary N) is 1. The summed E-state index contributed by atoms with van der Waals surface area (Å²) in [5.74, 6) is 0.346. The molecule has 0 bridgehead atoms. The second kappa shape index (κ2) is 7.62. The minimum absolute atomic E-state index is 0.207. The Balaban J connectivity index is 1.83. The zero-order valence-electron chi connectivity index (χ0n) is 17.0. The summed E-state index contributed by atoms with van der Waals surface area (Å²) < 4.78 is 1.97. The third-order valence-corrected chi connectivity index (χ3v) is 5.38. The number of aryl methyl sites for hydroxylation is 5. The molecule has 0 saturated carbocycles. The van der Waals surface area contributed by atoms with Crippen LogP contribution in [0.2, 0.25) is 0 Å². The summed E-state index contributed by atoms with van der Waals surface area (Å²) in [5.41, 5.74) is 5.59. The highest BCUT2D eigenvalue weighted by atomic mass is 16.2. The molecule has 0 spiro atoms. The molecule has 4 rings (SSSR count). The van der Waals surface area contributed by atoms with E-state index in [4.69, 9.17) is 0 Å². The highest BCUT2D eigenvalue weighted by Gasteiger charge is 2.19. The van der Waals surface area contributed by atoms with Crippen molar-refractivity contribution in [3.8, 4) is 11.5 Å². The SMILES string of the molecule is CCc1cc2nc3c(=O)[nH]c(=O)nc-3n(CCCc3cccc(C)c3)c2cc1C. The normalized spacial score (nSPS) is 11.4. The molecule has 2 aromatic carbocycles. The number of benzene rings is 2. The number of nitrogens with zero attached hydrogens (tertiary/aromatic N) is 3. The predicted molar refractivity (Wildman–Crippen MR) is 115 cm³/mol. The van der Waals surface area contributed by atoms with Gasteiger partial charge in [-0.05, 0) is 61.9 Å². The van der Waals surface area contributed by atoms with Crippen LogP contribution in [0.5, 0.6) is 0 Å². The molecule has 0 unspecified atom stereocenters. The summed E-state index contributed by atoms with van der Waals surface area (Å²) >= 11 is 0. The van der Waals surface area contributed by atoms with Crippen molar-refractivity contribution in [2.24, 2.45) is 0 Å². The van der Waals surface area contributed by atoms with Crippen LogP contribution in [-0.4, -0.2) is 19.5 Å². The maximum Gasteiger partial charge on any atom is 0.349 e. The third-order valence-electron chi connectivity index (χ3n) is 5.38. The quantitative estimate of drug-likeness (QED) is 0.532. The Labute approximate surface area is 168 Å². The van der Waals surface area contributed by atoms with E-state index in [1.165, 1.54) is 22.3 Å². The second-order valence-electron chi connectivity index (χ2n) is 7.52. The van der Waals surface area contributed by atoms with Crippen molar-refractivity contribution in [1.82, 2.24) is 19.5 Å². The molecule has 148 valence electrons. The van der Waals surface area contributed by atoms with E-state index in [-0.39, 0.29) is 5.69 Å². The van der Waals surface area contributed by atoms with Crippen LogP contribution in [0, 0.1) is 13.8 Å². The maximum absolute atomic E-state index is 12.4. The van der Waals surface area contributed by atoms with Gasteiger partial charge in [0.1, 0.15) is 0 Å². The molecule has 2 aliphatic rings. The summed E-state index contributed by atoms with van der Waals surface area (Å²) in [6.45, 7) is 6.90. The van der Waals surface area contributed by atoms with Crippen molar-refractivity contribution in [2.45, 2.75) is 46.6 Å². The van der Waals surface area contributed by atoms with Gasteiger partial charge < -0.3 is 4.57 Å². The second-order valence-corrected chi connectivity index (χ2v) is 7.52. The molecule has 0 amide bonds. The predicted octanol–water partition coefficient (Wildman–Crippen LogP) is 3.40. The lowest BCUT2D eigenvalue weighted by Gasteiger charge is -2.18. The van der Waals surface area contributed by atoms with E-state index >= 15 is 0 Å². The van der Waals surface area contributed by atoms with Crippen molar-refractivity contribution in [2.75, 3.05) is 0 Å². The highest BCUT2D eigenvalue weighted by molar-refractivity contribution is 5.81. The molecule has 0 radical (unpaired) electrons. The average molecular weight is 388 g/mol. The maximum atomic E-state index is 12.4. The molecular weight excluding hydrogens is 364 g/mol. The molecule has 0 saturated heterocycles. The van der Waals surface area contributed by atoms with Gasteiger partial charge in [0.2, 0.25) is 0 Å². The highest BCUT2D eigenvalue weighted by Crippen LogP contribution is 2.25. The lowest BCUT2D eigenvalue weighted by Crippen LogP contribution is -2.29. The van der Waals surface area contributed by atoms with Gasteiger partial charge in [0.05, 0.1) is 11.0 Å². The smallest absolute Gasteiger partial charge is 0.322 e.